The molecule has 0 fully saturated rings. The van der Waals surface area contributed by atoms with Crippen LogP contribution in [0.2, 0.25) is 0 Å². The van der Waals surface area contributed by atoms with Crippen LogP contribution in [0.3, 0.4) is 0 Å². The zero-order chi connectivity index (χ0) is 12.8. The third kappa shape index (κ3) is 4.30. The molecule has 1 aromatic carbocycles. The lowest BCUT2D eigenvalue weighted by molar-refractivity contribution is -0.120. The molecule has 1 aromatic rings. The van der Waals surface area contributed by atoms with Gasteiger partial charge < -0.3 is 11.1 Å². The summed E-state index contributed by atoms with van der Waals surface area (Å²) in [7, 11) is 0. The number of nitrogen functional groups attached to an aromatic ring is 1. The summed E-state index contributed by atoms with van der Waals surface area (Å²) in [6.07, 6.45) is 0.954. The SMILES string of the molecule is CCCNC(=O)C(C)Sc1ccc(C)cc1N. The van der Waals surface area contributed by atoms with E-state index in [-0.39, 0.29) is 11.2 Å². The molecule has 1 amide bonds. The number of carbonyl (C=O) groups excluding carboxylic acids is 1. The van der Waals surface area contributed by atoms with Crippen molar-refractivity contribution in [3.05, 3.63) is 23.8 Å². The first-order valence-corrected chi connectivity index (χ1v) is 6.73. The van der Waals surface area contributed by atoms with E-state index >= 15 is 0 Å². The standard InChI is InChI=1S/C13H20N2OS/c1-4-7-15-13(16)10(3)17-12-6-5-9(2)8-11(12)14/h5-6,8,10H,4,7,14H2,1-3H3,(H,15,16). The van der Waals surface area contributed by atoms with Gasteiger partial charge in [0.25, 0.3) is 0 Å². The molecule has 0 saturated heterocycles. The van der Waals surface area contributed by atoms with Crippen molar-refractivity contribution in [2.24, 2.45) is 0 Å². The highest BCUT2D eigenvalue weighted by molar-refractivity contribution is 8.00. The zero-order valence-electron chi connectivity index (χ0n) is 10.6. The smallest absolute Gasteiger partial charge is 0.233 e. The predicted molar refractivity (Wildman–Crippen MR) is 74.2 cm³/mol. The van der Waals surface area contributed by atoms with Gasteiger partial charge in [0.15, 0.2) is 0 Å². The second-order valence-corrected chi connectivity index (χ2v) is 5.48. The molecule has 0 aromatic heterocycles. The zero-order valence-corrected chi connectivity index (χ0v) is 11.4. The summed E-state index contributed by atoms with van der Waals surface area (Å²) in [5, 5.41) is 2.76. The molecule has 3 N–H and O–H groups in total. The molecule has 0 spiro atoms. The van der Waals surface area contributed by atoms with Crippen LogP contribution in [0.5, 0.6) is 0 Å². The summed E-state index contributed by atoms with van der Waals surface area (Å²) in [5.74, 6) is 0.0665. The van der Waals surface area contributed by atoms with Gasteiger partial charge in [-0.25, -0.2) is 0 Å². The van der Waals surface area contributed by atoms with E-state index < -0.39 is 0 Å². The number of amides is 1. The van der Waals surface area contributed by atoms with E-state index in [9.17, 15) is 4.79 Å². The fraction of sp³-hybridized carbons (Fsp3) is 0.462. The average Bonchev–Trinajstić information content (AvgIpc) is 2.29. The van der Waals surface area contributed by atoms with Crippen molar-refractivity contribution in [3.8, 4) is 0 Å². The Morgan fingerprint density at radius 2 is 2.24 bits per heavy atom. The van der Waals surface area contributed by atoms with Gasteiger partial charge in [0.2, 0.25) is 5.91 Å². The van der Waals surface area contributed by atoms with Gasteiger partial charge in [-0.05, 0) is 38.0 Å². The van der Waals surface area contributed by atoms with Crippen molar-refractivity contribution in [3.63, 3.8) is 0 Å². The summed E-state index contributed by atoms with van der Waals surface area (Å²) >= 11 is 1.50. The number of rotatable bonds is 5. The summed E-state index contributed by atoms with van der Waals surface area (Å²) < 4.78 is 0. The van der Waals surface area contributed by atoms with E-state index in [1.54, 1.807) is 0 Å². The van der Waals surface area contributed by atoms with Crippen LogP contribution in [0.15, 0.2) is 23.1 Å². The molecule has 0 aliphatic rings. The minimum Gasteiger partial charge on any atom is -0.398 e. The van der Waals surface area contributed by atoms with Crippen molar-refractivity contribution in [1.29, 1.82) is 0 Å². The van der Waals surface area contributed by atoms with Gasteiger partial charge in [-0.1, -0.05) is 13.0 Å². The van der Waals surface area contributed by atoms with E-state index in [2.05, 4.69) is 5.32 Å². The number of carbonyl (C=O) groups is 1. The van der Waals surface area contributed by atoms with Crippen LogP contribution in [0.4, 0.5) is 5.69 Å². The molecule has 4 heteroatoms. The summed E-state index contributed by atoms with van der Waals surface area (Å²) in [6.45, 7) is 6.67. The lowest BCUT2D eigenvalue weighted by Gasteiger charge is -2.13. The van der Waals surface area contributed by atoms with Crippen molar-refractivity contribution in [2.75, 3.05) is 12.3 Å². The summed E-state index contributed by atoms with van der Waals surface area (Å²) in [6, 6.07) is 5.91. The molecule has 0 aliphatic heterocycles. The van der Waals surface area contributed by atoms with Crippen molar-refractivity contribution in [2.45, 2.75) is 37.3 Å². The highest BCUT2D eigenvalue weighted by Gasteiger charge is 2.14. The van der Waals surface area contributed by atoms with Crippen molar-refractivity contribution < 1.29 is 4.79 Å². The van der Waals surface area contributed by atoms with Crippen LogP contribution in [-0.2, 0) is 4.79 Å². The molecule has 94 valence electrons. The minimum atomic E-state index is -0.119. The van der Waals surface area contributed by atoms with E-state index in [4.69, 9.17) is 5.73 Å². The number of aryl methyl sites for hydroxylation is 1. The Labute approximate surface area is 107 Å². The maximum absolute atomic E-state index is 11.7. The number of hydrogen-bond acceptors (Lipinski definition) is 3. The Hall–Kier alpha value is -1.16. The Morgan fingerprint density at radius 3 is 2.82 bits per heavy atom. The first-order valence-electron chi connectivity index (χ1n) is 5.85. The highest BCUT2D eigenvalue weighted by atomic mass is 32.2. The second kappa shape index (κ2) is 6.55. The van der Waals surface area contributed by atoms with E-state index in [0.717, 1.165) is 29.1 Å². The molecule has 0 aliphatic carbocycles. The number of benzene rings is 1. The predicted octanol–water partition coefficient (Wildman–Crippen LogP) is 2.58. The highest BCUT2D eigenvalue weighted by Crippen LogP contribution is 2.29. The Morgan fingerprint density at radius 1 is 1.53 bits per heavy atom. The molecule has 1 rings (SSSR count). The molecular formula is C13H20N2OS. The third-order valence-electron chi connectivity index (χ3n) is 2.39. The van der Waals surface area contributed by atoms with Gasteiger partial charge in [-0.3, -0.25) is 4.79 Å². The molecular weight excluding hydrogens is 232 g/mol. The number of thioether (sulfide) groups is 1. The van der Waals surface area contributed by atoms with E-state index in [0.29, 0.717) is 0 Å². The summed E-state index contributed by atoms with van der Waals surface area (Å²) in [4.78, 5) is 12.7. The maximum Gasteiger partial charge on any atom is 0.233 e. The molecule has 0 bridgehead atoms. The van der Waals surface area contributed by atoms with Gasteiger partial charge in [0.05, 0.1) is 5.25 Å². The first kappa shape index (κ1) is 13.9. The van der Waals surface area contributed by atoms with Crippen molar-refractivity contribution in [1.82, 2.24) is 5.32 Å². The lowest BCUT2D eigenvalue weighted by Crippen LogP contribution is -2.31. The minimum absolute atomic E-state index is 0.0665. The van der Waals surface area contributed by atoms with Crippen LogP contribution < -0.4 is 11.1 Å². The molecule has 3 nitrogen and oxygen atoms in total. The molecule has 1 atom stereocenters. The quantitative estimate of drug-likeness (QED) is 0.625. The fourth-order valence-corrected chi connectivity index (χ4v) is 2.32. The lowest BCUT2D eigenvalue weighted by atomic mass is 10.2. The second-order valence-electron chi connectivity index (χ2n) is 4.09. The largest absolute Gasteiger partial charge is 0.398 e. The Bertz CT molecular complexity index is 393. The van der Waals surface area contributed by atoms with Gasteiger partial charge in [-0.2, -0.15) is 0 Å². The number of hydrogen-bond donors (Lipinski definition) is 2. The average molecular weight is 252 g/mol. The number of anilines is 1. The molecule has 17 heavy (non-hydrogen) atoms. The van der Waals surface area contributed by atoms with Gasteiger partial charge in [0.1, 0.15) is 0 Å². The first-order chi connectivity index (χ1) is 8.04. The van der Waals surface area contributed by atoms with Crippen LogP contribution in [0.1, 0.15) is 25.8 Å². The Kier molecular flexibility index (Phi) is 5.35. The normalized spacial score (nSPS) is 12.2. The van der Waals surface area contributed by atoms with Gasteiger partial charge in [0, 0.05) is 17.1 Å². The molecule has 0 saturated carbocycles. The monoisotopic (exact) mass is 252 g/mol. The molecule has 0 heterocycles. The molecule has 1 unspecified atom stereocenters. The van der Waals surface area contributed by atoms with Crippen LogP contribution in [-0.4, -0.2) is 17.7 Å². The summed E-state index contributed by atoms with van der Waals surface area (Å²) in [5.41, 5.74) is 7.79. The van der Waals surface area contributed by atoms with Crippen molar-refractivity contribution >= 4 is 23.4 Å². The van der Waals surface area contributed by atoms with E-state index in [1.165, 1.54) is 11.8 Å². The van der Waals surface area contributed by atoms with Gasteiger partial charge in [-0.15, -0.1) is 11.8 Å². The maximum atomic E-state index is 11.7. The fourth-order valence-electron chi connectivity index (χ4n) is 1.41. The third-order valence-corrected chi connectivity index (χ3v) is 3.58. The van der Waals surface area contributed by atoms with Crippen LogP contribution in [0.25, 0.3) is 0 Å². The molecule has 0 radical (unpaired) electrons. The van der Waals surface area contributed by atoms with Gasteiger partial charge >= 0.3 is 0 Å². The van der Waals surface area contributed by atoms with Crippen LogP contribution in [0, 0.1) is 6.92 Å². The number of nitrogens with two attached hydrogens (primary N) is 1. The van der Waals surface area contributed by atoms with Crippen LogP contribution >= 0.6 is 11.8 Å². The van der Waals surface area contributed by atoms with E-state index in [1.807, 2.05) is 39.0 Å². The Balaban J connectivity index is 2.61. The topological polar surface area (TPSA) is 55.1 Å². The number of nitrogens with one attached hydrogen (secondary N) is 1.